The predicted octanol–water partition coefficient (Wildman–Crippen LogP) is 3.67. The summed E-state index contributed by atoms with van der Waals surface area (Å²) >= 11 is 7.35. The smallest absolute Gasteiger partial charge is 0.263 e. The van der Waals surface area contributed by atoms with Crippen molar-refractivity contribution in [2.45, 2.75) is 32.4 Å². The summed E-state index contributed by atoms with van der Waals surface area (Å²) < 4.78 is 5.79. The molecule has 1 fully saturated rings. The summed E-state index contributed by atoms with van der Waals surface area (Å²) in [7, 11) is 0. The first kappa shape index (κ1) is 15.5. The van der Waals surface area contributed by atoms with Crippen LogP contribution in [0.3, 0.4) is 0 Å². The Hall–Kier alpha value is -1.43. The molecule has 1 aromatic carbocycles. The number of aromatic nitrogens is 1. The number of amides is 1. The van der Waals surface area contributed by atoms with Gasteiger partial charge in [-0.2, -0.15) is 0 Å². The maximum absolute atomic E-state index is 12.4. The fourth-order valence-electron chi connectivity index (χ4n) is 2.69. The van der Waals surface area contributed by atoms with Gasteiger partial charge in [-0.1, -0.05) is 23.7 Å². The molecule has 2 heterocycles. The van der Waals surface area contributed by atoms with E-state index in [1.807, 2.05) is 38.1 Å². The lowest BCUT2D eigenvalue weighted by Gasteiger charge is -2.20. The van der Waals surface area contributed by atoms with Crippen molar-refractivity contribution in [1.82, 2.24) is 10.3 Å². The molecule has 1 aliphatic rings. The van der Waals surface area contributed by atoms with Crippen molar-refractivity contribution in [2.75, 3.05) is 6.61 Å². The number of aryl methyl sites for hydroxylation is 2. The summed E-state index contributed by atoms with van der Waals surface area (Å²) in [6.45, 7) is 4.41. The summed E-state index contributed by atoms with van der Waals surface area (Å²) in [5.41, 5.74) is 1.81. The maximum atomic E-state index is 12.4. The van der Waals surface area contributed by atoms with Gasteiger partial charge in [0.25, 0.3) is 5.91 Å². The van der Waals surface area contributed by atoms with E-state index in [2.05, 4.69) is 10.3 Å². The second-order valence-electron chi connectivity index (χ2n) is 5.36. The Morgan fingerprint density at radius 2 is 2.09 bits per heavy atom. The number of carbonyl (C=O) groups excluding carboxylic acids is 1. The molecule has 2 aromatic rings. The number of halogens is 1. The van der Waals surface area contributed by atoms with Crippen LogP contribution in [0.1, 0.15) is 38.5 Å². The Morgan fingerprint density at radius 3 is 2.73 bits per heavy atom. The zero-order valence-corrected chi connectivity index (χ0v) is 14.0. The van der Waals surface area contributed by atoms with E-state index in [0.717, 1.165) is 22.7 Å². The molecule has 0 aliphatic carbocycles. The van der Waals surface area contributed by atoms with E-state index in [0.29, 0.717) is 16.5 Å². The van der Waals surface area contributed by atoms with E-state index >= 15 is 0 Å². The second-order valence-corrected chi connectivity index (χ2v) is 7.00. The number of thiazole rings is 1. The molecule has 0 spiro atoms. The molecule has 6 heteroatoms. The van der Waals surface area contributed by atoms with Crippen LogP contribution in [0.15, 0.2) is 24.3 Å². The summed E-state index contributed by atoms with van der Waals surface area (Å²) in [5, 5.41) is 4.68. The molecular formula is C16H17ClN2O2S. The van der Waals surface area contributed by atoms with Crippen LogP contribution in [0.2, 0.25) is 5.02 Å². The highest BCUT2D eigenvalue weighted by Gasteiger charge is 2.31. The summed E-state index contributed by atoms with van der Waals surface area (Å²) in [4.78, 5) is 17.4. The predicted molar refractivity (Wildman–Crippen MR) is 87.6 cm³/mol. The van der Waals surface area contributed by atoms with E-state index in [4.69, 9.17) is 16.3 Å². The lowest BCUT2D eigenvalue weighted by atomic mass is 10.0. The van der Waals surface area contributed by atoms with Crippen LogP contribution in [-0.2, 0) is 4.74 Å². The molecule has 116 valence electrons. The van der Waals surface area contributed by atoms with Crippen LogP contribution in [0.5, 0.6) is 0 Å². The largest absolute Gasteiger partial charge is 0.371 e. The van der Waals surface area contributed by atoms with Crippen molar-refractivity contribution in [3.8, 4) is 0 Å². The van der Waals surface area contributed by atoms with Crippen molar-refractivity contribution >= 4 is 28.8 Å². The molecule has 3 rings (SSSR count). The van der Waals surface area contributed by atoms with Gasteiger partial charge in [-0.05, 0) is 38.0 Å². The molecule has 2 atom stereocenters. The summed E-state index contributed by atoms with van der Waals surface area (Å²) in [6.07, 6.45) is 0.672. The molecule has 1 saturated heterocycles. The number of carbonyl (C=O) groups is 1. The highest BCUT2D eigenvalue weighted by Crippen LogP contribution is 2.30. The maximum Gasteiger partial charge on any atom is 0.263 e. The van der Waals surface area contributed by atoms with Crippen LogP contribution >= 0.6 is 22.9 Å². The molecule has 0 bridgehead atoms. The third-order valence-electron chi connectivity index (χ3n) is 3.72. The average molecular weight is 337 g/mol. The summed E-state index contributed by atoms with van der Waals surface area (Å²) in [6, 6.07) is 7.54. The van der Waals surface area contributed by atoms with Gasteiger partial charge in [-0.15, -0.1) is 11.3 Å². The fourth-order valence-corrected chi connectivity index (χ4v) is 3.64. The Balaban J connectivity index is 1.75. The van der Waals surface area contributed by atoms with Gasteiger partial charge in [0.1, 0.15) is 11.0 Å². The standard InChI is InChI=1S/C16H17ClN2O2S/c1-9-15(22-10(2)18-9)16(20)19-13-7-8-21-14(13)11-3-5-12(17)6-4-11/h3-6,13-14H,7-8H2,1-2H3,(H,19,20)/t13-,14-/m0/s1. The molecule has 0 unspecified atom stereocenters. The van der Waals surface area contributed by atoms with Gasteiger partial charge in [0, 0.05) is 11.6 Å². The molecule has 1 aromatic heterocycles. The van der Waals surface area contributed by atoms with Gasteiger partial charge in [0.15, 0.2) is 0 Å². The lowest BCUT2D eigenvalue weighted by molar-refractivity contribution is 0.0824. The highest BCUT2D eigenvalue weighted by molar-refractivity contribution is 7.13. The zero-order valence-electron chi connectivity index (χ0n) is 12.4. The van der Waals surface area contributed by atoms with Crippen molar-refractivity contribution in [3.63, 3.8) is 0 Å². The van der Waals surface area contributed by atoms with Gasteiger partial charge in [0.2, 0.25) is 0 Å². The van der Waals surface area contributed by atoms with E-state index in [1.165, 1.54) is 11.3 Å². The van der Waals surface area contributed by atoms with Crippen LogP contribution in [0.4, 0.5) is 0 Å². The Morgan fingerprint density at radius 1 is 1.36 bits per heavy atom. The Labute approximate surface area is 138 Å². The molecule has 0 saturated carbocycles. The quantitative estimate of drug-likeness (QED) is 0.930. The van der Waals surface area contributed by atoms with Gasteiger partial charge >= 0.3 is 0 Å². The second kappa shape index (κ2) is 6.36. The Bertz CT molecular complexity index is 684. The van der Waals surface area contributed by atoms with E-state index < -0.39 is 0 Å². The number of rotatable bonds is 3. The summed E-state index contributed by atoms with van der Waals surface area (Å²) in [5.74, 6) is -0.0717. The molecular weight excluding hydrogens is 320 g/mol. The van der Waals surface area contributed by atoms with Crippen molar-refractivity contribution in [1.29, 1.82) is 0 Å². The molecule has 1 aliphatic heterocycles. The van der Waals surface area contributed by atoms with Crippen LogP contribution < -0.4 is 5.32 Å². The number of hydrogen-bond donors (Lipinski definition) is 1. The first-order valence-electron chi connectivity index (χ1n) is 7.16. The van der Waals surface area contributed by atoms with Gasteiger partial charge in [-0.25, -0.2) is 4.98 Å². The minimum atomic E-state index is -0.129. The van der Waals surface area contributed by atoms with Gasteiger partial charge in [-0.3, -0.25) is 4.79 Å². The third kappa shape index (κ3) is 3.16. The van der Waals surface area contributed by atoms with Crippen molar-refractivity contribution in [2.24, 2.45) is 0 Å². The monoisotopic (exact) mass is 336 g/mol. The topological polar surface area (TPSA) is 51.2 Å². The highest BCUT2D eigenvalue weighted by atomic mass is 35.5. The number of nitrogens with one attached hydrogen (secondary N) is 1. The minimum absolute atomic E-state index is 0.0320. The first-order chi connectivity index (χ1) is 10.5. The number of ether oxygens (including phenoxy) is 1. The van der Waals surface area contributed by atoms with Crippen LogP contribution in [0.25, 0.3) is 0 Å². The molecule has 4 nitrogen and oxygen atoms in total. The zero-order chi connectivity index (χ0) is 15.7. The van der Waals surface area contributed by atoms with E-state index in [-0.39, 0.29) is 18.1 Å². The van der Waals surface area contributed by atoms with E-state index in [1.54, 1.807) is 0 Å². The molecule has 22 heavy (non-hydrogen) atoms. The van der Waals surface area contributed by atoms with Gasteiger partial charge < -0.3 is 10.1 Å². The average Bonchev–Trinajstić information content (AvgIpc) is 3.06. The van der Waals surface area contributed by atoms with Crippen LogP contribution in [0, 0.1) is 13.8 Å². The number of benzene rings is 1. The molecule has 1 N–H and O–H groups in total. The van der Waals surface area contributed by atoms with Gasteiger partial charge in [0.05, 0.1) is 16.7 Å². The van der Waals surface area contributed by atoms with Crippen molar-refractivity contribution < 1.29 is 9.53 Å². The third-order valence-corrected chi connectivity index (χ3v) is 5.04. The van der Waals surface area contributed by atoms with Crippen molar-refractivity contribution in [3.05, 3.63) is 50.4 Å². The van der Waals surface area contributed by atoms with Crippen LogP contribution in [-0.4, -0.2) is 23.5 Å². The van der Waals surface area contributed by atoms with E-state index in [9.17, 15) is 4.79 Å². The molecule has 1 amide bonds. The minimum Gasteiger partial charge on any atom is -0.371 e. The number of hydrogen-bond acceptors (Lipinski definition) is 4. The number of nitrogens with zero attached hydrogens (tertiary/aromatic N) is 1. The fraction of sp³-hybridized carbons (Fsp3) is 0.375. The first-order valence-corrected chi connectivity index (χ1v) is 8.36. The SMILES string of the molecule is Cc1nc(C)c(C(=O)N[C@H]2CCO[C@H]2c2ccc(Cl)cc2)s1. The lowest BCUT2D eigenvalue weighted by Crippen LogP contribution is -2.36. The Kier molecular flexibility index (Phi) is 4.47. The molecule has 0 radical (unpaired) electrons. The normalized spacial score (nSPS) is 21.0.